The molecule has 21 heavy (non-hydrogen) atoms. The molecule has 0 fully saturated rings. The minimum absolute atomic E-state index is 0.0601. The summed E-state index contributed by atoms with van der Waals surface area (Å²) >= 11 is 0. The van der Waals surface area contributed by atoms with Crippen LogP contribution in [0.25, 0.3) is 0 Å². The standard InChI is InChI=1S/C18H20N2O/c1-12-4-3-5-15(10-12)18(21)20-16-7-6-14-8-9-19-13(2)17(14)11-16/h3-7,10-11,13,19H,8-9H2,1-2H3,(H,20,21). The van der Waals surface area contributed by atoms with Crippen molar-refractivity contribution in [2.24, 2.45) is 0 Å². The zero-order chi connectivity index (χ0) is 14.8. The molecule has 1 amide bonds. The van der Waals surface area contributed by atoms with E-state index in [1.807, 2.05) is 37.3 Å². The van der Waals surface area contributed by atoms with Gasteiger partial charge in [0.2, 0.25) is 0 Å². The summed E-state index contributed by atoms with van der Waals surface area (Å²) in [4.78, 5) is 12.3. The molecular weight excluding hydrogens is 260 g/mol. The van der Waals surface area contributed by atoms with Crippen LogP contribution in [0.4, 0.5) is 5.69 Å². The van der Waals surface area contributed by atoms with Crippen LogP contribution in [0.15, 0.2) is 42.5 Å². The summed E-state index contributed by atoms with van der Waals surface area (Å²) in [5.41, 5.74) is 5.29. The highest BCUT2D eigenvalue weighted by atomic mass is 16.1. The fourth-order valence-corrected chi connectivity index (χ4v) is 2.83. The summed E-state index contributed by atoms with van der Waals surface area (Å²) in [6.07, 6.45) is 1.05. The van der Waals surface area contributed by atoms with Crippen molar-refractivity contribution in [1.29, 1.82) is 0 Å². The number of hydrogen-bond acceptors (Lipinski definition) is 2. The van der Waals surface area contributed by atoms with E-state index < -0.39 is 0 Å². The van der Waals surface area contributed by atoms with E-state index in [2.05, 4.69) is 29.7 Å². The van der Waals surface area contributed by atoms with Gasteiger partial charge in [-0.2, -0.15) is 0 Å². The lowest BCUT2D eigenvalue weighted by molar-refractivity contribution is 0.102. The van der Waals surface area contributed by atoms with Gasteiger partial charge in [0.15, 0.2) is 0 Å². The van der Waals surface area contributed by atoms with E-state index in [0.29, 0.717) is 11.6 Å². The topological polar surface area (TPSA) is 41.1 Å². The van der Waals surface area contributed by atoms with E-state index >= 15 is 0 Å². The molecule has 1 aliphatic rings. The van der Waals surface area contributed by atoms with E-state index in [4.69, 9.17) is 0 Å². The van der Waals surface area contributed by atoms with Crippen LogP contribution in [0, 0.1) is 6.92 Å². The van der Waals surface area contributed by atoms with Crippen molar-refractivity contribution in [3.63, 3.8) is 0 Å². The maximum atomic E-state index is 12.3. The number of carbonyl (C=O) groups is 1. The molecule has 3 nitrogen and oxygen atoms in total. The smallest absolute Gasteiger partial charge is 0.255 e. The second-order valence-electron chi connectivity index (χ2n) is 5.66. The largest absolute Gasteiger partial charge is 0.322 e. The molecule has 1 atom stereocenters. The molecule has 0 bridgehead atoms. The minimum atomic E-state index is -0.0601. The Balaban J connectivity index is 1.82. The summed E-state index contributed by atoms with van der Waals surface area (Å²) in [5.74, 6) is -0.0601. The molecule has 1 heterocycles. The molecule has 1 aliphatic heterocycles. The zero-order valence-corrected chi connectivity index (χ0v) is 12.4. The van der Waals surface area contributed by atoms with Crippen molar-refractivity contribution in [3.8, 4) is 0 Å². The Morgan fingerprint density at radius 3 is 2.90 bits per heavy atom. The van der Waals surface area contributed by atoms with Gasteiger partial charge in [-0.05, 0) is 62.2 Å². The number of nitrogens with one attached hydrogen (secondary N) is 2. The van der Waals surface area contributed by atoms with Crippen LogP contribution in [-0.4, -0.2) is 12.5 Å². The molecule has 2 aromatic carbocycles. The fraction of sp³-hybridized carbons (Fsp3) is 0.278. The number of benzene rings is 2. The molecule has 0 saturated heterocycles. The predicted octanol–water partition coefficient (Wildman–Crippen LogP) is 3.45. The van der Waals surface area contributed by atoms with Crippen LogP contribution in [0.3, 0.4) is 0 Å². The Morgan fingerprint density at radius 2 is 2.10 bits per heavy atom. The van der Waals surface area contributed by atoms with Crippen molar-refractivity contribution in [1.82, 2.24) is 5.32 Å². The van der Waals surface area contributed by atoms with Gasteiger partial charge in [-0.15, -0.1) is 0 Å². The van der Waals surface area contributed by atoms with Crippen LogP contribution in [0.5, 0.6) is 0 Å². The van der Waals surface area contributed by atoms with Gasteiger partial charge in [0.25, 0.3) is 5.91 Å². The first-order chi connectivity index (χ1) is 10.1. The van der Waals surface area contributed by atoms with Crippen molar-refractivity contribution >= 4 is 11.6 Å². The Morgan fingerprint density at radius 1 is 1.24 bits per heavy atom. The molecule has 2 aromatic rings. The Kier molecular flexibility index (Phi) is 3.76. The molecule has 0 aromatic heterocycles. The summed E-state index contributed by atoms with van der Waals surface area (Å²) in [7, 11) is 0. The van der Waals surface area contributed by atoms with Crippen LogP contribution < -0.4 is 10.6 Å². The third-order valence-electron chi connectivity index (χ3n) is 4.00. The maximum absolute atomic E-state index is 12.3. The van der Waals surface area contributed by atoms with Crippen LogP contribution in [-0.2, 0) is 6.42 Å². The Bertz CT molecular complexity index is 679. The van der Waals surface area contributed by atoms with Gasteiger partial charge in [-0.1, -0.05) is 23.8 Å². The van der Waals surface area contributed by atoms with Crippen molar-refractivity contribution in [2.75, 3.05) is 11.9 Å². The zero-order valence-electron chi connectivity index (χ0n) is 12.4. The number of anilines is 1. The molecule has 0 aliphatic carbocycles. The van der Waals surface area contributed by atoms with Crippen molar-refractivity contribution in [2.45, 2.75) is 26.3 Å². The lowest BCUT2D eigenvalue weighted by Crippen LogP contribution is -2.27. The SMILES string of the molecule is Cc1cccc(C(=O)Nc2ccc3c(c2)C(C)NCC3)c1. The fourth-order valence-electron chi connectivity index (χ4n) is 2.83. The predicted molar refractivity (Wildman–Crippen MR) is 85.7 cm³/mol. The minimum Gasteiger partial charge on any atom is -0.322 e. The van der Waals surface area contributed by atoms with Crippen LogP contribution >= 0.6 is 0 Å². The monoisotopic (exact) mass is 280 g/mol. The number of aryl methyl sites for hydroxylation is 1. The van der Waals surface area contributed by atoms with Crippen molar-refractivity contribution in [3.05, 3.63) is 64.7 Å². The van der Waals surface area contributed by atoms with Crippen LogP contribution in [0.1, 0.15) is 40.0 Å². The highest BCUT2D eigenvalue weighted by Crippen LogP contribution is 2.26. The van der Waals surface area contributed by atoms with Gasteiger partial charge >= 0.3 is 0 Å². The average Bonchev–Trinajstić information content (AvgIpc) is 2.48. The summed E-state index contributed by atoms with van der Waals surface area (Å²) in [6.45, 7) is 5.16. The molecule has 3 heteroatoms. The normalized spacial score (nSPS) is 17.1. The summed E-state index contributed by atoms with van der Waals surface area (Å²) in [6, 6.07) is 14.2. The molecule has 2 N–H and O–H groups in total. The first-order valence-electron chi connectivity index (χ1n) is 7.38. The third kappa shape index (κ3) is 2.98. The molecule has 108 valence electrons. The molecule has 0 spiro atoms. The van der Waals surface area contributed by atoms with Gasteiger partial charge < -0.3 is 10.6 Å². The maximum Gasteiger partial charge on any atom is 0.255 e. The third-order valence-corrected chi connectivity index (χ3v) is 4.00. The number of amides is 1. The lowest BCUT2D eigenvalue weighted by Gasteiger charge is -2.24. The van der Waals surface area contributed by atoms with Gasteiger partial charge in [0.1, 0.15) is 0 Å². The molecule has 1 unspecified atom stereocenters. The van der Waals surface area contributed by atoms with Gasteiger partial charge in [0.05, 0.1) is 0 Å². The number of fused-ring (bicyclic) bond motifs is 1. The molecular formula is C18H20N2O. The van der Waals surface area contributed by atoms with Crippen LogP contribution in [0.2, 0.25) is 0 Å². The van der Waals surface area contributed by atoms with E-state index in [0.717, 1.165) is 24.2 Å². The summed E-state index contributed by atoms with van der Waals surface area (Å²) < 4.78 is 0. The molecule has 0 saturated carbocycles. The second kappa shape index (κ2) is 5.70. The van der Waals surface area contributed by atoms with E-state index in [9.17, 15) is 4.79 Å². The van der Waals surface area contributed by atoms with Gasteiger partial charge in [0, 0.05) is 17.3 Å². The highest BCUT2D eigenvalue weighted by molar-refractivity contribution is 6.04. The average molecular weight is 280 g/mol. The highest BCUT2D eigenvalue weighted by Gasteiger charge is 2.16. The lowest BCUT2D eigenvalue weighted by atomic mass is 9.95. The van der Waals surface area contributed by atoms with E-state index in [-0.39, 0.29) is 5.91 Å². The summed E-state index contributed by atoms with van der Waals surface area (Å²) in [5, 5.41) is 6.43. The van der Waals surface area contributed by atoms with Gasteiger partial charge in [-0.3, -0.25) is 4.79 Å². The molecule has 0 radical (unpaired) electrons. The second-order valence-corrected chi connectivity index (χ2v) is 5.66. The first-order valence-corrected chi connectivity index (χ1v) is 7.38. The Hall–Kier alpha value is -2.13. The first kappa shape index (κ1) is 13.8. The van der Waals surface area contributed by atoms with E-state index in [1.54, 1.807) is 0 Å². The number of hydrogen-bond donors (Lipinski definition) is 2. The Labute approximate surface area is 125 Å². The van der Waals surface area contributed by atoms with E-state index in [1.165, 1.54) is 11.1 Å². The van der Waals surface area contributed by atoms with Crippen molar-refractivity contribution < 1.29 is 4.79 Å². The quantitative estimate of drug-likeness (QED) is 0.884. The molecule has 3 rings (SSSR count). The number of rotatable bonds is 2. The number of carbonyl (C=O) groups excluding carboxylic acids is 1. The van der Waals surface area contributed by atoms with Gasteiger partial charge in [-0.25, -0.2) is 0 Å².